The average molecular weight is 376 g/mol. The number of ketones is 1. The van der Waals surface area contributed by atoms with Crippen molar-refractivity contribution in [2.24, 2.45) is 22.7 Å². The van der Waals surface area contributed by atoms with Gasteiger partial charge in [-0.25, -0.2) is 0 Å². The number of aliphatic hydroxyl groups excluding tert-OH is 1. The van der Waals surface area contributed by atoms with Gasteiger partial charge in [-0.15, -0.1) is 0 Å². The molecule has 0 radical (unpaired) electrons. The Labute approximate surface area is 158 Å². The summed E-state index contributed by atoms with van der Waals surface area (Å²) in [4.78, 5) is 24.9. The Morgan fingerprint density at radius 1 is 1.33 bits per heavy atom. The predicted octanol–water partition coefficient (Wildman–Crippen LogP) is 2.50. The minimum atomic E-state index is -1.27. The second-order valence-electron chi connectivity index (χ2n) is 9.39. The van der Waals surface area contributed by atoms with Crippen LogP contribution in [0.25, 0.3) is 0 Å². The minimum absolute atomic E-state index is 0.0916. The Kier molecular flexibility index (Phi) is 3.93. The number of carbonyl (C=O) groups excluding carboxylic acids is 2. The normalized spacial score (nSPS) is 42.7. The number of hydrogen-bond acceptors (Lipinski definition) is 6. The first-order chi connectivity index (χ1) is 12.5. The van der Waals surface area contributed by atoms with Gasteiger partial charge in [0, 0.05) is 25.2 Å². The standard InChI is InChI=1S/C21H28O6/c1-11(22)27-16-5-7-19(2,3)21(25)10-14(23)17-13(20(16,21)4)9-15-12(18(17)24)6-8-26-15/h6,8,13-14,16-17,23,25H,5,7,9-10H2,1-4H3/t13-,14-,16-,17-,20?,21+/m0/s1. The summed E-state index contributed by atoms with van der Waals surface area (Å²) in [5.74, 6) is -0.958. The topological polar surface area (TPSA) is 97.0 Å². The zero-order chi connectivity index (χ0) is 19.8. The fraction of sp³-hybridized carbons (Fsp3) is 0.714. The van der Waals surface area contributed by atoms with Gasteiger partial charge >= 0.3 is 5.97 Å². The minimum Gasteiger partial charge on any atom is -0.469 e. The van der Waals surface area contributed by atoms with E-state index in [2.05, 4.69) is 0 Å². The Bertz CT molecular complexity index is 794. The van der Waals surface area contributed by atoms with Crippen molar-refractivity contribution >= 4 is 11.8 Å². The quantitative estimate of drug-likeness (QED) is 0.731. The van der Waals surface area contributed by atoms with Gasteiger partial charge < -0.3 is 19.4 Å². The van der Waals surface area contributed by atoms with Crippen LogP contribution in [0.15, 0.2) is 16.7 Å². The van der Waals surface area contributed by atoms with E-state index in [1.165, 1.54) is 13.2 Å². The summed E-state index contributed by atoms with van der Waals surface area (Å²) in [6, 6.07) is 1.65. The summed E-state index contributed by atoms with van der Waals surface area (Å²) in [6.07, 6.45) is 1.84. The molecule has 3 aliphatic carbocycles. The van der Waals surface area contributed by atoms with Crippen LogP contribution in [0, 0.1) is 22.7 Å². The Morgan fingerprint density at radius 2 is 2.04 bits per heavy atom. The molecule has 2 fully saturated rings. The lowest BCUT2D eigenvalue weighted by atomic mass is 9.40. The molecule has 2 saturated carbocycles. The molecule has 27 heavy (non-hydrogen) atoms. The third-order valence-corrected chi connectivity index (χ3v) is 7.86. The first kappa shape index (κ1) is 18.7. The fourth-order valence-corrected chi connectivity index (χ4v) is 6.28. The van der Waals surface area contributed by atoms with E-state index >= 15 is 0 Å². The first-order valence-electron chi connectivity index (χ1n) is 9.71. The van der Waals surface area contributed by atoms with Gasteiger partial charge in [0.2, 0.25) is 0 Å². The molecule has 1 aromatic rings. The highest BCUT2D eigenvalue weighted by atomic mass is 16.5. The highest BCUT2D eigenvalue weighted by molar-refractivity contribution is 6.00. The molecule has 1 unspecified atom stereocenters. The van der Waals surface area contributed by atoms with E-state index in [1.54, 1.807) is 6.07 Å². The summed E-state index contributed by atoms with van der Waals surface area (Å²) in [5.41, 5.74) is -2.12. The smallest absolute Gasteiger partial charge is 0.302 e. The van der Waals surface area contributed by atoms with E-state index in [1.807, 2.05) is 20.8 Å². The van der Waals surface area contributed by atoms with Crippen molar-refractivity contribution in [2.75, 3.05) is 0 Å². The Balaban J connectivity index is 1.89. The van der Waals surface area contributed by atoms with Crippen LogP contribution < -0.4 is 0 Å². The summed E-state index contributed by atoms with van der Waals surface area (Å²) < 4.78 is 11.2. The van der Waals surface area contributed by atoms with Gasteiger partial charge in [-0.05, 0) is 30.2 Å². The number of aliphatic hydroxyl groups is 2. The van der Waals surface area contributed by atoms with Gasteiger partial charge in [0.1, 0.15) is 11.9 Å². The second kappa shape index (κ2) is 5.67. The van der Waals surface area contributed by atoms with Crippen LogP contribution in [-0.4, -0.2) is 39.8 Å². The van der Waals surface area contributed by atoms with Crippen LogP contribution in [0.5, 0.6) is 0 Å². The van der Waals surface area contributed by atoms with Gasteiger partial charge in [0.25, 0.3) is 0 Å². The average Bonchev–Trinajstić information content (AvgIpc) is 3.03. The largest absolute Gasteiger partial charge is 0.469 e. The molecule has 6 nitrogen and oxygen atoms in total. The molecule has 4 rings (SSSR count). The molecular formula is C21H28O6. The number of fused-ring (bicyclic) bond motifs is 4. The molecule has 0 spiro atoms. The van der Waals surface area contributed by atoms with Gasteiger partial charge in [-0.1, -0.05) is 20.8 Å². The molecule has 0 aliphatic heterocycles. The molecule has 0 amide bonds. The van der Waals surface area contributed by atoms with Crippen LogP contribution in [0.4, 0.5) is 0 Å². The van der Waals surface area contributed by atoms with Gasteiger partial charge in [0.05, 0.1) is 29.4 Å². The summed E-state index contributed by atoms with van der Waals surface area (Å²) in [6.45, 7) is 7.27. The van der Waals surface area contributed by atoms with Gasteiger partial charge in [-0.2, -0.15) is 0 Å². The van der Waals surface area contributed by atoms with Crippen molar-refractivity contribution in [3.05, 3.63) is 23.7 Å². The van der Waals surface area contributed by atoms with Crippen molar-refractivity contribution in [3.63, 3.8) is 0 Å². The molecule has 6 heteroatoms. The van der Waals surface area contributed by atoms with E-state index in [9.17, 15) is 19.8 Å². The lowest BCUT2D eigenvalue weighted by molar-refractivity contribution is -0.289. The molecule has 0 bridgehead atoms. The number of ether oxygens (including phenoxy) is 1. The van der Waals surface area contributed by atoms with Crippen LogP contribution >= 0.6 is 0 Å². The number of furan rings is 1. The SMILES string of the molecule is CC(=O)O[C@H]1CCC(C)(C)[C@]2(O)C[C@H](O)[C@H]3C(=O)c4ccoc4C[C@@H]3C12C. The number of Topliss-reactive ketones (excluding diaryl/α,β-unsaturated/α-hetero) is 1. The van der Waals surface area contributed by atoms with Gasteiger partial charge in [-0.3, -0.25) is 9.59 Å². The van der Waals surface area contributed by atoms with Gasteiger partial charge in [0.15, 0.2) is 5.78 Å². The molecule has 0 aromatic carbocycles. The molecule has 1 aromatic heterocycles. The number of esters is 1. The Morgan fingerprint density at radius 3 is 2.70 bits per heavy atom. The highest BCUT2D eigenvalue weighted by Crippen LogP contribution is 2.65. The first-order valence-corrected chi connectivity index (χ1v) is 9.71. The summed E-state index contributed by atoms with van der Waals surface area (Å²) in [5, 5.41) is 22.9. The maximum atomic E-state index is 13.1. The van der Waals surface area contributed by atoms with E-state index in [-0.39, 0.29) is 18.1 Å². The fourth-order valence-electron chi connectivity index (χ4n) is 6.28. The second-order valence-corrected chi connectivity index (χ2v) is 9.39. The van der Waals surface area contributed by atoms with E-state index in [0.29, 0.717) is 30.6 Å². The molecule has 3 aliphatic rings. The van der Waals surface area contributed by atoms with Crippen LogP contribution in [0.1, 0.15) is 63.1 Å². The van der Waals surface area contributed by atoms with E-state index < -0.39 is 40.5 Å². The number of carbonyl (C=O) groups is 2. The third kappa shape index (κ3) is 2.26. The van der Waals surface area contributed by atoms with Crippen LogP contribution in [0.3, 0.4) is 0 Å². The van der Waals surface area contributed by atoms with E-state index in [0.717, 1.165) is 0 Å². The Hall–Kier alpha value is -1.66. The van der Waals surface area contributed by atoms with Crippen molar-refractivity contribution < 1.29 is 29.0 Å². The van der Waals surface area contributed by atoms with Crippen molar-refractivity contribution in [2.45, 2.75) is 71.2 Å². The van der Waals surface area contributed by atoms with Crippen molar-refractivity contribution in [1.82, 2.24) is 0 Å². The van der Waals surface area contributed by atoms with Crippen LogP contribution in [0.2, 0.25) is 0 Å². The highest BCUT2D eigenvalue weighted by Gasteiger charge is 2.71. The van der Waals surface area contributed by atoms with Crippen molar-refractivity contribution in [1.29, 1.82) is 0 Å². The molecule has 148 valence electrons. The maximum absolute atomic E-state index is 13.1. The monoisotopic (exact) mass is 376 g/mol. The van der Waals surface area contributed by atoms with E-state index in [4.69, 9.17) is 9.15 Å². The van der Waals surface area contributed by atoms with Crippen molar-refractivity contribution in [3.8, 4) is 0 Å². The summed E-state index contributed by atoms with van der Waals surface area (Å²) in [7, 11) is 0. The summed E-state index contributed by atoms with van der Waals surface area (Å²) >= 11 is 0. The number of hydrogen-bond donors (Lipinski definition) is 2. The third-order valence-electron chi connectivity index (χ3n) is 7.86. The zero-order valence-electron chi connectivity index (χ0n) is 16.3. The lowest BCUT2D eigenvalue weighted by Crippen LogP contribution is -2.74. The zero-order valence-corrected chi connectivity index (χ0v) is 16.3. The molecular weight excluding hydrogens is 348 g/mol. The molecule has 1 heterocycles. The van der Waals surface area contributed by atoms with Crippen LogP contribution in [-0.2, 0) is 16.0 Å². The maximum Gasteiger partial charge on any atom is 0.302 e. The predicted molar refractivity (Wildman–Crippen MR) is 96.0 cm³/mol. The lowest BCUT2D eigenvalue weighted by Gasteiger charge is -2.67. The molecule has 6 atom stereocenters. The molecule has 2 N–H and O–H groups in total. The molecule has 0 saturated heterocycles. The number of rotatable bonds is 1.